The van der Waals surface area contributed by atoms with Gasteiger partial charge in [-0.05, 0) is 51.0 Å². The third kappa shape index (κ3) is 4.68. The molecule has 1 N–H and O–H groups in total. The van der Waals surface area contributed by atoms with Crippen LogP contribution in [-0.4, -0.2) is 56.7 Å². The topological polar surface area (TPSA) is 63.1 Å². The molecule has 0 atom stereocenters. The Morgan fingerprint density at radius 3 is 2.63 bits per heavy atom. The van der Waals surface area contributed by atoms with Crippen molar-refractivity contribution in [2.75, 3.05) is 36.5 Å². The van der Waals surface area contributed by atoms with Crippen molar-refractivity contribution in [2.24, 2.45) is 0 Å². The molecule has 1 amide bonds. The third-order valence-corrected chi connectivity index (χ3v) is 6.47. The predicted octanol–water partition coefficient (Wildman–Crippen LogP) is 4.16. The van der Waals surface area contributed by atoms with Crippen LogP contribution in [0.2, 0.25) is 0 Å². The molecule has 3 aromatic rings. The van der Waals surface area contributed by atoms with E-state index in [1.165, 1.54) is 30.2 Å². The molecule has 1 fully saturated rings. The molecule has 7 heteroatoms. The van der Waals surface area contributed by atoms with Crippen LogP contribution >= 0.6 is 11.8 Å². The second-order valence-corrected chi connectivity index (χ2v) is 9.30. The minimum Gasteiger partial charge on any atom is -0.322 e. The predicted molar refractivity (Wildman–Crippen MR) is 125 cm³/mol. The van der Waals surface area contributed by atoms with Crippen LogP contribution in [0.3, 0.4) is 0 Å². The van der Waals surface area contributed by atoms with Gasteiger partial charge in [0.1, 0.15) is 0 Å². The number of thioether (sulfide) groups is 1. The zero-order valence-electron chi connectivity index (χ0n) is 17.9. The van der Waals surface area contributed by atoms with Gasteiger partial charge in [0.15, 0.2) is 5.65 Å². The number of aryl methyl sites for hydroxylation is 1. The number of aromatic nitrogens is 3. The molecule has 1 aliphatic heterocycles. The highest BCUT2D eigenvalue weighted by molar-refractivity contribution is 7.99. The number of pyridine rings is 1. The van der Waals surface area contributed by atoms with Crippen molar-refractivity contribution in [3.8, 4) is 0 Å². The lowest BCUT2D eigenvalue weighted by atomic mass is 10.1. The third-order valence-electron chi connectivity index (χ3n) is 5.53. The zero-order valence-corrected chi connectivity index (χ0v) is 18.7. The first kappa shape index (κ1) is 20.9. The lowest BCUT2D eigenvalue weighted by Crippen LogP contribution is -2.34. The Labute approximate surface area is 182 Å². The molecule has 1 aromatic carbocycles. The molecular formula is C23H29N5OS. The Balaban J connectivity index is 1.41. The van der Waals surface area contributed by atoms with Crippen molar-refractivity contribution in [3.05, 3.63) is 53.3 Å². The monoisotopic (exact) mass is 423 g/mol. The number of anilines is 1. The fourth-order valence-corrected chi connectivity index (χ4v) is 4.72. The molecule has 4 rings (SSSR count). The van der Waals surface area contributed by atoms with Gasteiger partial charge < -0.3 is 10.2 Å². The first-order valence-electron chi connectivity index (χ1n) is 10.6. The molecule has 30 heavy (non-hydrogen) atoms. The number of carbonyl (C=O) groups excluding carboxylic acids is 1. The highest BCUT2D eigenvalue weighted by atomic mass is 32.2. The fourth-order valence-electron chi connectivity index (χ4n) is 3.74. The minimum atomic E-state index is -0.141. The van der Waals surface area contributed by atoms with Crippen molar-refractivity contribution < 1.29 is 4.79 Å². The molecule has 0 aliphatic carbocycles. The maximum atomic E-state index is 12.8. The summed E-state index contributed by atoms with van der Waals surface area (Å²) in [5.74, 6) is 2.34. The van der Waals surface area contributed by atoms with E-state index in [1.54, 1.807) is 6.20 Å². The first-order valence-corrected chi connectivity index (χ1v) is 11.7. The highest BCUT2D eigenvalue weighted by Crippen LogP contribution is 2.21. The smallest absolute Gasteiger partial charge is 0.257 e. The van der Waals surface area contributed by atoms with Gasteiger partial charge in [-0.1, -0.05) is 12.1 Å². The van der Waals surface area contributed by atoms with Gasteiger partial charge in [0.2, 0.25) is 0 Å². The normalized spacial score (nSPS) is 15.1. The van der Waals surface area contributed by atoms with Gasteiger partial charge in [-0.15, -0.1) is 0 Å². The average Bonchev–Trinajstić information content (AvgIpc) is 3.16. The van der Waals surface area contributed by atoms with Gasteiger partial charge in [-0.2, -0.15) is 16.9 Å². The van der Waals surface area contributed by atoms with E-state index in [0.29, 0.717) is 11.3 Å². The number of hydrogen-bond donors (Lipinski definition) is 1. The Bertz CT molecular complexity index is 1020. The van der Waals surface area contributed by atoms with Crippen LogP contribution in [0.4, 0.5) is 5.69 Å². The highest BCUT2D eigenvalue weighted by Gasteiger charge is 2.16. The van der Waals surface area contributed by atoms with Crippen LogP contribution in [0.15, 0.2) is 36.5 Å². The number of rotatable bonds is 6. The second kappa shape index (κ2) is 9.18. The molecular weight excluding hydrogens is 394 g/mol. The largest absolute Gasteiger partial charge is 0.322 e. The number of hydrogen-bond acceptors (Lipinski definition) is 5. The van der Waals surface area contributed by atoms with E-state index in [0.717, 1.165) is 29.7 Å². The number of nitrogens with one attached hydrogen (secondary N) is 1. The van der Waals surface area contributed by atoms with E-state index >= 15 is 0 Å². The van der Waals surface area contributed by atoms with Gasteiger partial charge in [-0.25, -0.2) is 9.67 Å². The van der Waals surface area contributed by atoms with E-state index in [4.69, 9.17) is 0 Å². The van der Waals surface area contributed by atoms with E-state index in [9.17, 15) is 4.79 Å². The van der Waals surface area contributed by atoms with Crippen LogP contribution in [-0.2, 0) is 6.42 Å². The van der Waals surface area contributed by atoms with E-state index < -0.39 is 0 Å². The van der Waals surface area contributed by atoms with Crippen LogP contribution in [0.5, 0.6) is 0 Å². The summed E-state index contributed by atoms with van der Waals surface area (Å²) >= 11 is 2.04. The summed E-state index contributed by atoms with van der Waals surface area (Å²) in [5, 5.41) is 8.29. The summed E-state index contributed by atoms with van der Waals surface area (Å²) in [6.07, 6.45) is 2.81. The first-order chi connectivity index (χ1) is 14.5. The van der Waals surface area contributed by atoms with Crippen LogP contribution < -0.4 is 5.32 Å². The van der Waals surface area contributed by atoms with Crippen LogP contribution in [0, 0.1) is 6.92 Å². The Morgan fingerprint density at radius 2 is 1.93 bits per heavy atom. The van der Waals surface area contributed by atoms with Crippen molar-refractivity contribution in [2.45, 2.75) is 33.2 Å². The molecule has 0 radical (unpaired) electrons. The van der Waals surface area contributed by atoms with Gasteiger partial charge in [0, 0.05) is 48.3 Å². The molecule has 0 spiro atoms. The zero-order chi connectivity index (χ0) is 21.1. The summed E-state index contributed by atoms with van der Waals surface area (Å²) in [6.45, 7) is 9.48. The Kier molecular flexibility index (Phi) is 6.39. The van der Waals surface area contributed by atoms with E-state index in [1.807, 2.05) is 41.6 Å². The van der Waals surface area contributed by atoms with Gasteiger partial charge in [-0.3, -0.25) is 4.79 Å². The van der Waals surface area contributed by atoms with Gasteiger partial charge in [0.05, 0.1) is 17.5 Å². The maximum absolute atomic E-state index is 12.8. The number of carbonyl (C=O) groups is 1. The van der Waals surface area contributed by atoms with Gasteiger partial charge >= 0.3 is 0 Å². The molecule has 0 bridgehead atoms. The SMILES string of the molecule is Cc1nc2c(cnn2C(C)C)cc1C(=O)Nc1ccc(CCN2CCSCC2)cc1. The van der Waals surface area contributed by atoms with E-state index in [2.05, 4.69) is 46.3 Å². The molecule has 6 nitrogen and oxygen atoms in total. The number of amides is 1. The lowest BCUT2D eigenvalue weighted by Gasteiger charge is -2.26. The van der Waals surface area contributed by atoms with Crippen molar-refractivity contribution >= 4 is 34.4 Å². The van der Waals surface area contributed by atoms with Crippen molar-refractivity contribution in [1.29, 1.82) is 0 Å². The molecule has 2 aromatic heterocycles. The van der Waals surface area contributed by atoms with Crippen molar-refractivity contribution in [1.82, 2.24) is 19.7 Å². The molecule has 1 saturated heterocycles. The average molecular weight is 424 g/mol. The number of nitrogens with zero attached hydrogens (tertiary/aromatic N) is 4. The molecule has 1 aliphatic rings. The molecule has 0 saturated carbocycles. The summed E-state index contributed by atoms with van der Waals surface area (Å²) in [5.41, 5.74) is 4.20. The van der Waals surface area contributed by atoms with Crippen LogP contribution in [0.25, 0.3) is 11.0 Å². The van der Waals surface area contributed by atoms with Crippen molar-refractivity contribution in [3.63, 3.8) is 0 Å². The summed E-state index contributed by atoms with van der Waals surface area (Å²) in [7, 11) is 0. The number of benzene rings is 1. The van der Waals surface area contributed by atoms with E-state index in [-0.39, 0.29) is 11.9 Å². The van der Waals surface area contributed by atoms with Gasteiger partial charge in [0.25, 0.3) is 5.91 Å². The Hall–Kier alpha value is -2.38. The standard InChI is InChI=1S/C23H29N5OS/c1-16(2)28-22-19(15-24-28)14-21(17(3)25-22)23(29)26-20-6-4-18(5-7-20)8-9-27-10-12-30-13-11-27/h4-7,14-16H,8-13H2,1-3H3,(H,26,29). The summed E-state index contributed by atoms with van der Waals surface area (Å²) in [6, 6.07) is 10.3. The lowest BCUT2D eigenvalue weighted by molar-refractivity contribution is 0.102. The summed E-state index contributed by atoms with van der Waals surface area (Å²) < 4.78 is 1.88. The van der Waals surface area contributed by atoms with Crippen LogP contribution in [0.1, 0.15) is 41.5 Å². The fraction of sp³-hybridized carbons (Fsp3) is 0.435. The second-order valence-electron chi connectivity index (χ2n) is 8.07. The molecule has 158 valence electrons. The quantitative estimate of drug-likeness (QED) is 0.645. The minimum absolute atomic E-state index is 0.141. The number of fused-ring (bicyclic) bond motifs is 1. The Morgan fingerprint density at radius 1 is 1.20 bits per heavy atom. The maximum Gasteiger partial charge on any atom is 0.257 e. The molecule has 0 unspecified atom stereocenters. The summed E-state index contributed by atoms with van der Waals surface area (Å²) in [4.78, 5) is 20.0. The molecule has 3 heterocycles.